The van der Waals surface area contributed by atoms with Crippen molar-refractivity contribution in [3.8, 4) is 11.1 Å². The lowest BCUT2D eigenvalue weighted by Gasteiger charge is -2.25. The third kappa shape index (κ3) is 13.0. The van der Waals surface area contributed by atoms with E-state index in [4.69, 9.17) is 0 Å². The minimum absolute atomic E-state index is 1.14. The molecular formula is C59H57N. The molecular weight excluding hydrogens is 723 g/mol. The van der Waals surface area contributed by atoms with Gasteiger partial charge in [0.15, 0.2) is 0 Å². The minimum atomic E-state index is 1.14. The summed E-state index contributed by atoms with van der Waals surface area (Å²) in [4.78, 5) is 2.30. The van der Waals surface area contributed by atoms with E-state index < -0.39 is 0 Å². The normalized spacial score (nSPS) is 10.8. The molecule has 0 heterocycles. The fourth-order valence-electron chi connectivity index (χ4n) is 6.48. The first-order valence-electron chi connectivity index (χ1n) is 20.8. The van der Waals surface area contributed by atoms with Gasteiger partial charge in [0.2, 0.25) is 0 Å². The minimum Gasteiger partial charge on any atom is -0.311 e. The summed E-state index contributed by atoms with van der Waals surface area (Å²) in [5, 5.41) is 0. The van der Waals surface area contributed by atoms with Crippen molar-refractivity contribution >= 4 is 41.4 Å². The van der Waals surface area contributed by atoms with Gasteiger partial charge in [-0.1, -0.05) is 221 Å². The average Bonchev–Trinajstić information content (AvgIpc) is 3.27. The van der Waals surface area contributed by atoms with Crippen LogP contribution >= 0.6 is 0 Å². The van der Waals surface area contributed by atoms with Crippen molar-refractivity contribution in [2.45, 2.75) is 48.5 Å². The predicted molar refractivity (Wildman–Crippen MR) is 263 cm³/mol. The van der Waals surface area contributed by atoms with Gasteiger partial charge in [0.25, 0.3) is 0 Å². The van der Waals surface area contributed by atoms with E-state index in [0.29, 0.717) is 0 Å². The maximum Gasteiger partial charge on any atom is 0.0462 e. The van der Waals surface area contributed by atoms with Crippen LogP contribution in [0.5, 0.6) is 0 Å². The molecule has 0 fully saturated rings. The summed E-state index contributed by atoms with van der Waals surface area (Å²) in [5.74, 6) is 0. The van der Waals surface area contributed by atoms with Crippen molar-refractivity contribution < 1.29 is 0 Å². The van der Waals surface area contributed by atoms with Crippen LogP contribution in [-0.2, 0) is 0 Å². The van der Waals surface area contributed by atoms with Crippen LogP contribution in [0.1, 0.15) is 61.2 Å². The number of hydrogen-bond acceptors (Lipinski definition) is 1. The van der Waals surface area contributed by atoms with Crippen molar-refractivity contribution in [3.05, 3.63) is 255 Å². The molecule has 0 aromatic heterocycles. The predicted octanol–water partition coefficient (Wildman–Crippen LogP) is 16.7. The molecule has 8 aromatic carbocycles. The standard InChI is InChI=1S/C43H37N.2C8H10/c1-32-4-10-35(11-5-32)12-13-36-16-22-39(23-17-36)40-24-18-37(19-25-40)14-15-38-20-30-43(31-21-38)44(41-26-6-33(2)7-27-41)42-28-8-34(3)9-29-42;2*1-7-3-5-8(2)6-4-7/h4-31H,1-3H3;2*3-6H,1-2H3/b13-12+,15-14+;;. The molecule has 1 nitrogen and oxygen atoms in total. The van der Waals surface area contributed by atoms with E-state index in [1.807, 2.05) is 0 Å². The molecule has 0 bridgehead atoms. The van der Waals surface area contributed by atoms with Crippen LogP contribution in [0.3, 0.4) is 0 Å². The van der Waals surface area contributed by atoms with Crippen LogP contribution in [0, 0.1) is 48.5 Å². The summed E-state index contributed by atoms with van der Waals surface area (Å²) < 4.78 is 0. The first-order valence-corrected chi connectivity index (χ1v) is 20.8. The first-order chi connectivity index (χ1) is 29.1. The summed E-state index contributed by atoms with van der Waals surface area (Å²) in [6.45, 7) is 14.7. The molecule has 0 unspecified atom stereocenters. The molecule has 60 heavy (non-hydrogen) atoms. The van der Waals surface area contributed by atoms with E-state index in [9.17, 15) is 0 Å². The maximum atomic E-state index is 2.30. The molecule has 8 aromatic rings. The van der Waals surface area contributed by atoms with Gasteiger partial charge in [-0.25, -0.2) is 0 Å². The summed E-state index contributed by atoms with van der Waals surface area (Å²) in [6, 6.07) is 69.2. The first kappa shape index (κ1) is 42.6. The second-order valence-electron chi connectivity index (χ2n) is 15.7. The second kappa shape index (κ2) is 21.2. The van der Waals surface area contributed by atoms with Gasteiger partial charge in [-0.2, -0.15) is 0 Å². The van der Waals surface area contributed by atoms with Crippen molar-refractivity contribution in [3.63, 3.8) is 0 Å². The van der Waals surface area contributed by atoms with Gasteiger partial charge in [-0.15, -0.1) is 0 Å². The molecule has 0 atom stereocenters. The zero-order chi connectivity index (χ0) is 42.3. The maximum absolute atomic E-state index is 2.30. The molecule has 1 heteroatoms. The Hall–Kier alpha value is -6.96. The van der Waals surface area contributed by atoms with Crippen molar-refractivity contribution in [2.24, 2.45) is 0 Å². The van der Waals surface area contributed by atoms with Gasteiger partial charge < -0.3 is 4.90 Å². The Kier molecular flexibility index (Phi) is 15.0. The van der Waals surface area contributed by atoms with Gasteiger partial charge in [0.05, 0.1) is 0 Å². The van der Waals surface area contributed by atoms with Crippen molar-refractivity contribution in [1.29, 1.82) is 0 Å². The van der Waals surface area contributed by atoms with E-state index in [2.05, 4.69) is 272 Å². The van der Waals surface area contributed by atoms with Crippen LogP contribution in [0.25, 0.3) is 35.4 Å². The molecule has 0 amide bonds. The summed E-state index contributed by atoms with van der Waals surface area (Å²) in [5.41, 5.74) is 19.7. The molecule has 0 saturated heterocycles. The van der Waals surface area contributed by atoms with Gasteiger partial charge >= 0.3 is 0 Å². The van der Waals surface area contributed by atoms with E-state index in [1.54, 1.807) is 0 Å². The molecule has 298 valence electrons. The number of rotatable bonds is 8. The average molecular weight is 780 g/mol. The smallest absolute Gasteiger partial charge is 0.0462 e. The van der Waals surface area contributed by atoms with Crippen molar-refractivity contribution in [1.82, 2.24) is 0 Å². The monoisotopic (exact) mass is 779 g/mol. The van der Waals surface area contributed by atoms with E-state index in [-0.39, 0.29) is 0 Å². The highest BCUT2D eigenvalue weighted by Crippen LogP contribution is 2.35. The topological polar surface area (TPSA) is 3.24 Å². The van der Waals surface area contributed by atoms with Crippen LogP contribution < -0.4 is 4.90 Å². The van der Waals surface area contributed by atoms with Gasteiger partial charge in [-0.3, -0.25) is 0 Å². The van der Waals surface area contributed by atoms with E-state index >= 15 is 0 Å². The summed E-state index contributed by atoms with van der Waals surface area (Å²) in [7, 11) is 0. The highest BCUT2D eigenvalue weighted by atomic mass is 15.1. The quantitative estimate of drug-likeness (QED) is 0.139. The Labute approximate surface area is 359 Å². The molecule has 0 spiro atoms. The lowest BCUT2D eigenvalue weighted by Crippen LogP contribution is -2.09. The van der Waals surface area contributed by atoms with E-state index in [1.165, 1.54) is 72.3 Å². The number of benzene rings is 8. The molecule has 0 aliphatic heterocycles. The van der Waals surface area contributed by atoms with Crippen LogP contribution in [0.15, 0.2) is 194 Å². The fourth-order valence-corrected chi connectivity index (χ4v) is 6.48. The molecule has 8 rings (SSSR count). The van der Waals surface area contributed by atoms with Crippen LogP contribution in [0.2, 0.25) is 0 Å². The van der Waals surface area contributed by atoms with Crippen LogP contribution in [-0.4, -0.2) is 0 Å². The lowest BCUT2D eigenvalue weighted by molar-refractivity contribution is 1.27. The Morgan fingerprint density at radius 1 is 0.217 bits per heavy atom. The molecule has 0 saturated carbocycles. The van der Waals surface area contributed by atoms with Gasteiger partial charge in [0.1, 0.15) is 0 Å². The van der Waals surface area contributed by atoms with Crippen molar-refractivity contribution in [2.75, 3.05) is 4.90 Å². The zero-order valence-corrected chi connectivity index (χ0v) is 36.2. The summed E-state index contributed by atoms with van der Waals surface area (Å²) >= 11 is 0. The number of nitrogens with zero attached hydrogens (tertiary/aromatic N) is 1. The second-order valence-corrected chi connectivity index (χ2v) is 15.7. The molecule has 0 N–H and O–H groups in total. The Balaban J connectivity index is 0.000000313. The Morgan fingerprint density at radius 3 is 0.633 bits per heavy atom. The van der Waals surface area contributed by atoms with E-state index in [0.717, 1.165) is 17.1 Å². The largest absolute Gasteiger partial charge is 0.311 e. The number of aryl methyl sites for hydroxylation is 7. The third-order valence-electron chi connectivity index (χ3n) is 10.3. The van der Waals surface area contributed by atoms with Gasteiger partial charge in [0, 0.05) is 17.1 Å². The Morgan fingerprint density at radius 2 is 0.383 bits per heavy atom. The summed E-state index contributed by atoms with van der Waals surface area (Å²) in [6.07, 6.45) is 8.68. The fraction of sp³-hybridized carbons (Fsp3) is 0.119. The highest BCUT2D eigenvalue weighted by Gasteiger charge is 2.12. The molecule has 0 aliphatic carbocycles. The third-order valence-corrected chi connectivity index (χ3v) is 10.3. The highest BCUT2D eigenvalue weighted by molar-refractivity contribution is 5.79. The molecule has 0 radical (unpaired) electrons. The Bertz CT molecular complexity index is 2420. The zero-order valence-electron chi connectivity index (χ0n) is 36.2. The lowest BCUT2D eigenvalue weighted by atomic mass is 10.0. The molecule has 0 aliphatic rings. The van der Waals surface area contributed by atoms with Crippen LogP contribution in [0.4, 0.5) is 17.1 Å². The van der Waals surface area contributed by atoms with Gasteiger partial charge in [-0.05, 0) is 118 Å². The number of anilines is 3. The SMILES string of the molecule is Cc1ccc(/C=C/c2ccc(-c3ccc(/C=C/c4ccc(N(c5ccc(C)cc5)c5ccc(C)cc5)cc4)cc3)cc2)cc1.Cc1ccc(C)cc1.Cc1ccc(C)cc1. The number of hydrogen-bond donors (Lipinski definition) is 0.